The minimum Gasteiger partial charge on any atom is -0.456 e. The number of pyridine rings is 1. The van der Waals surface area contributed by atoms with Crippen LogP contribution in [0.5, 0.6) is 6.01 Å². The standard InChI is InChI=1S/C21H20F2N4O4/c22-10-5-9-1-2-12(17(9)11(23)6-10)24-16-4-3-13-20(26-16)27-21(25-13)31-15-8-30-18-14(28)7-29-19(15)18/h3-6,12,14-15,18-19,28H,1-2,7-8H2,(H2,24,25,26,27)/t12?,14-,15-,18-,19-/m1/s1. The topological polar surface area (TPSA) is 102 Å². The molecule has 3 aliphatic rings. The molecule has 10 heteroatoms. The summed E-state index contributed by atoms with van der Waals surface area (Å²) in [7, 11) is 0. The molecule has 2 fully saturated rings. The molecule has 1 unspecified atom stereocenters. The number of fused-ring (bicyclic) bond motifs is 3. The van der Waals surface area contributed by atoms with Gasteiger partial charge in [0.25, 0.3) is 6.01 Å². The number of aryl methyl sites for hydroxylation is 1. The Labute approximate surface area is 175 Å². The Bertz CT molecular complexity index is 1160. The lowest BCUT2D eigenvalue weighted by molar-refractivity contribution is 0.00706. The molecule has 5 atom stereocenters. The van der Waals surface area contributed by atoms with E-state index in [1.54, 1.807) is 6.07 Å². The quantitative estimate of drug-likeness (QED) is 0.584. The zero-order chi connectivity index (χ0) is 21.1. The van der Waals surface area contributed by atoms with Gasteiger partial charge in [-0.3, -0.25) is 0 Å². The maximum absolute atomic E-state index is 14.3. The highest BCUT2D eigenvalue weighted by Gasteiger charge is 2.48. The fourth-order valence-corrected chi connectivity index (χ4v) is 4.70. The van der Waals surface area contributed by atoms with E-state index in [1.807, 2.05) is 6.07 Å². The number of H-pyrrole nitrogens is 1. The summed E-state index contributed by atoms with van der Waals surface area (Å²) in [4.78, 5) is 12.0. The molecule has 1 aliphatic carbocycles. The molecule has 0 saturated carbocycles. The molecule has 6 rings (SSSR count). The number of hydrogen-bond acceptors (Lipinski definition) is 7. The number of aliphatic hydroxyl groups is 1. The van der Waals surface area contributed by atoms with Crippen molar-refractivity contribution >= 4 is 17.0 Å². The number of anilines is 1. The Hall–Kier alpha value is -2.82. The Morgan fingerprint density at radius 3 is 2.90 bits per heavy atom. The Morgan fingerprint density at radius 2 is 2.00 bits per heavy atom. The second kappa shape index (κ2) is 7.11. The molecule has 0 bridgehead atoms. The van der Waals surface area contributed by atoms with Crippen LogP contribution in [0.2, 0.25) is 0 Å². The molecule has 0 amide bonds. The molecule has 3 N–H and O–H groups in total. The van der Waals surface area contributed by atoms with E-state index in [2.05, 4.69) is 20.3 Å². The van der Waals surface area contributed by atoms with Gasteiger partial charge in [0.1, 0.15) is 35.8 Å². The van der Waals surface area contributed by atoms with E-state index < -0.39 is 17.7 Å². The fourth-order valence-electron chi connectivity index (χ4n) is 4.70. The summed E-state index contributed by atoms with van der Waals surface area (Å²) in [5, 5.41) is 13.1. The normalized spacial score (nSPS) is 29.3. The molecule has 0 radical (unpaired) electrons. The third-order valence-electron chi connectivity index (χ3n) is 6.12. The van der Waals surface area contributed by atoms with Crippen molar-refractivity contribution in [2.75, 3.05) is 18.5 Å². The van der Waals surface area contributed by atoms with E-state index in [0.29, 0.717) is 47.6 Å². The second-order valence-corrected chi connectivity index (χ2v) is 8.13. The van der Waals surface area contributed by atoms with Crippen molar-refractivity contribution in [1.29, 1.82) is 0 Å². The van der Waals surface area contributed by atoms with Crippen molar-refractivity contribution in [3.8, 4) is 6.01 Å². The average molecular weight is 430 g/mol. The van der Waals surface area contributed by atoms with Gasteiger partial charge in [-0.05, 0) is 36.6 Å². The van der Waals surface area contributed by atoms with E-state index in [1.165, 1.54) is 6.07 Å². The van der Waals surface area contributed by atoms with Gasteiger partial charge >= 0.3 is 0 Å². The van der Waals surface area contributed by atoms with E-state index in [4.69, 9.17) is 14.2 Å². The first-order chi connectivity index (χ1) is 15.0. The molecule has 4 heterocycles. The van der Waals surface area contributed by atoms with Gasteiger partial charge < -0.3 is 29.6 Å². The van der Waals surface area contributed by atoms with Gasteiger partial charge in [0.15, 0.2) is 11.8 Å². The van der Waals surface area contributed by atoms with Crippen LogP contribution in [0.25, 0.3) is 11.2 Å². The highest BCUT2D eigenvalue weighted by Crippen LogP contribution is 2.36. The summed E-state index contributed by atoms with van der Waals surface area (Å²) in [5.41, 5.74) is 2.30. The summed E-state index contributed by atoms with van der Waals surface area (Å²) in [6.07, 6.45) is -0.486. The summed E-state index contributed by atoms with van der Waals surface area (Å²) in [6, 6.07) is 5.88. The summed E-state index contributed by atoms with van der Waals surface area (Å²) in [5.74, 6) is -0.562. The molecule has 2 aliphatic heterocycles. The smallest absolute Gasteiger partial charge is 0.296 e. The third-order valence-corrected chi connectivity index (χ3v) is 6.12. The molecule has 8 nitrogen and oxygen atoms in total. The number of aromatic nitrogens is 3. The predicted octanol–water partition coefficient (Wildman–Crippen LogP) is 2.24. The lowest BCUT2D eigenvalue weighted by atomic mass is 10.1. The van der Waals surface area contributed by atoms with Crippen LogP contribution in [-0.2, 0) is 15.9 Å². The lowest BCUT2D eigenvalue weighted by Gasteiger charge is -2.15. The van der Waals surface area contributed by atoms with Crippen LogP contribution >= 0.6 is 0 Å². The maximum atomic E-state index is 14.3. The van der Waals surface area contributed by atoms with Crippen molar-refractivity contribution in [2.45, 2.75) is 43.3 Å². The predicted molar refractivity (Wildman–Crippen MR) is 105 cm³/mol. The van der Waals surface area contributed by atoms with Gasteiger partial charge in [-0.1, -0.05) is 0 Å². The zero-order valence-corrected chi connectivity index (χ0v) is 16.3. The van der Waals surface area contributed by atoms with Gasteiger partial charge in [-0.25, -0.2) is 13.8 Å². The van der Waals surface area contributed by atoms with Crippen molar-refractivity contribution in [3.05, 3.63) is 47.0 Å². The summed E-state index contributed by atoms with van der Waals surface area (Å²) >= 11 is 0. The largest absolute Gasteiger partial charge is 0.456 e. The molecule has 162 valence electrons. The van der Waals surface area contributed by atoms with Crippen LogP contribution in [0.4, 0.5) is 14.6 Å². The van der Waals surface area contributed by atoms with E-state index >= 15 is 0 Å². The van der Waals surface area contributed by atoms with Crippen molar-refractivity contribution in [2.24, 2.45) is 0 Å². The highest BCUT2D eigenvalue weighted by atomic mass is 19.1. The number of aliphatic hydroxyl groups excluding tert-OH is 1. The van der Waals surface area contributed by atoms with Crippen LogP contribution in [0.15, 0.2) is 24.3 Å². The first-order valence-electron chi connectivity index (χ1n) is 10.2. The average Bonchev–Trinajstić information content (AvgIpc) is 3.48. The second-order valence-electron chi connectivity index (χ2n) is 8.13. The first-order valence-corrected chi connectivity index (χ1v) is 10.2. The molecule has 3 aromatic rings. The SMILES string of the molecule is O[C@@H]1CO[C@H]2[C@@H]1OC[C@H]2Oc1nc2nc(NC3CCc4cc(F)cc(F)c43)ccc2[nH]1. The molecule has 1 aromatic carbocycles. The number of imidazole rings is 1. The molecule has 2 aromatic heterocycles. The van der Waals surface area contributed by atoms with Crippen molar-refractivity contribution < 1.29 is 28.1 Å². The van der Waals surface area contributed by atoms with Gasteiger partial charge in [0.2, 0.25) is 0 Å². The third kappa shape index (κ3) is 3.22. The number of benzene rings is 1. The Kier molecular flexibility index (Phi) is 4.34. The van der Waals surface area contributed by atoms with Crippen LogP contribution in [0.3, 0.4) is 0 Å². The molecule has 2 saturated heterocycles. The number of ether oxygens (including phenoxy) is 3. The summed E-state index contributed by atoms with van der Waals surface area (Å²) in [6.45, 7) is 0.528. The number of aromatic amines is 1. The number of nitrogens with one attached hydrogen (secondary N) is 2. The van der Waals surface area contributed by atoms with Gasteiger partial charge in [0.05, 0.1) is 24.8 Å². The van der Waals surface area contributed by atoms with Gasteiger partial charge in [-0.2, -0.15) is 4.98 Å². The van der Waals surface area contributed by atoms with E-state index in [9.17, 15) is 13.9 Å². The lowest BCUT2D eigenvalue weighted by Crippen LogP contribution is -2.34. The minimum atomic E-state index is -0.647. The van der Waals surface area contributed by atoms with Crippen LogP contribution in [0.1, 0.15) is 23.6 Å². The zero-order valence-electron chi connectivity index (χ0n) is 16.3. The Balaban J connectivity index is 1.20. The van der Waals surface area contributed by atoms with Crippen LogP contribution < -0.4 is 10.1 Å². The molecular weight excluding hydrogens is 410 g/mol. The van der Waals surface area contributed by atoms with E-state index in [-0.39, 0.29) is 37.0 Å². The molecule has 0 spiro atoms. The van der Waals surface area contributed by atoms with Crippen molar-refractivity contribution in [3.63, 3.8) is 0 Å². The Morgan fingerprint density at radius 1 is 1.13 bits per heavy atom. The number of hydrogen-bond donors (Lipinski definition) is 3. The molecule has 31 heavy (non-hydrogen) atoms. The maximum Gasteiger partial charge on any atom is 0.296 e. The number of halogens is 2. The van der Waals surface area contributed by atoms with Crippen LogP contribution in [0, 0.1) is 11.6 Å². The highest BCUT2D eigenvalue weighted by molar-refractivity contribution is 5.73. The van der Waals surface area contributed by atoms with Gasteiger partial charge in [-0.15, -0.1) is 0 Å². The van der Waals surface area contributed by atoms with Gasteiger partial charge in [0, 0.05) is 11.6 Å². The van der Waals surface area contributed by atoms with E-state index in [0.717, 1.165) is 6.07 Å². The number of rotatable bonds is 4. The van der Waals surface area contributed by atoms with Crippen LogP contribution in [-0.4, -0.2) is 57.7 Å². The minimum absolute atomic E-state index is 0.226. The number of nitrogens with zero attached hydrogens (tertiary/aromatic N) is 2. The molecular formula is C21H20F2N4O4. The first kappa shape index (κ1) is 18.9. The monoisotopic (exact) mass is 430 g/mol. The summed E-state index contributed by atoms with van der Waals surface area (Å²) < 4.78 is 44.8. The fraction of sp³-hybridized carbons (Fsp3) is 0.429. The van der Waals surface area contributed by atoms with Crippen molar-refractivity contribution in [1.82, 2.24) is 15.0 Å².